The van der Waals surface area contributed by atoms with Crippen molar-refractivity contribution in [2.24, 2.45) is 5.92 Å². The number of hydrogen-bond donors (Lipinski definition) is 1. The minimum absolute atomic E-state index is 0.393. The van der Waals surface area contributed by atoms with Gasteiger partial charge in [0.1, 0.15) is 11.3 Å². The fraction of sp³-hybridized carbons (Fsp3) is 0.533. The third-order valence-electron chi connectivity index (χ3n) is 3.67. The fourth-order valence-electron chi connectivity index (χ4n) is 2.57. The van der Waals surface area contributed by atoms with E-state index >= 15 is 0 Å². The number of benzene rings is 1. The summed E-state index contributed by atoms with van der Waals surface area (Å²) >= 11 is 0. The molecule has 2 rings (SSSR count). The van der Waals surface area contributed by atoms with Gasteiger partial charge in [-0.15, -0.1) is 0 Å². The van der Waals surface area contributed by atoms with E-state index in [9.17, 15) is 4.79 Å². The molecular formula is C15H21NO3. The predicted octanol–water partition coefficient (Wildman–Crippen LogP) is 3.01. The van der Waals surface area contributed by atoms with Gasteiger partial charge in [0.2, 0.25) is 0 Å². The molecule has 0 bridgehead atoms. The number of hydrogen-bond acceptors (Lipinski definition) is 4. The van der Waals surface area contributed by atoms with Gasteiger partial charge < -0.3 is 15.2 Å². The van der Waals surface area contributed by atoms with E-state index in [2.05, 4.69) is 0 Å². The van der Waals surface area contributed by atoms with Gasteiger partial charge >= 0.3 is 5.97 Å². The lowest BCUT2D eigenvalue weighted by Crippen LogP contribution is -2.09. The standard InChI is InChI=1S/C15H21NO3/c1-18-15(17)13-7-6-12(16)10-14(13)19-9-8-11-4-2-3-5-11/h6-7,10-11H,2-5,8-9,16H2,1H3. The first-order chi connectivity index (χ1) is 9.20. The Morgan fingerprint density at radius 2 is 2.11 bits per heavy atom. The van der Waals surface area contributed by atoms with Gasteiger partial charge in [-0.2, -0.15) is 0 Å². The van der Waals surface area contributed by atoms with Gasteiger partial charge in [-0.05, 0) is 24.5 Å². The minimum atomic E-state index is -0.393. The number of nitrogen functional groups attached to an aromatic ring is 1. The summed E-state index contributed by atoms with van der Waals surface area (Å²) in [7, 11) is 1.36. The van der Waals surface area contributed by atoms with E-state index < -0.39 is 5.97 Å². The van der Waals surface area contributed by atoms with Crippen molar-refractivity contribution in [3.63, 3.8) is 0 Å². The molecule has 1 aromatic rings. The van der Waals surface area contributed by atoms with Gasteiger partial charge in [0.05, 0.1) is 13.7 Å². The highest BCUT2D eigenvalue weighted by Crippen LogP contribution is 2.28. The number of carbonyl (C=O) groups is 1. The molecule has 4 nitrogen and oxygen atoms in total. The third kappa shape index (κ3) is 3.63. The van der Waals surface area contributed by atoms with Crippen LogP contribution in [-0.4, -0.2) is 19.7 Å². The van der Waals surface area contributed by atoms with Crippen LogP contribution < -0.4 is 10.5 Å². The highest BCUT2D eigenvalue weighted by molar-refractivity contribution is 5.93. The van der Waals surface area contributed by atoms with E-state index in [0.29, 0.717) is 23.6 Å². The zero-order valence-electron chi connectivity index (χ0n) is 11.4. The molecule has 0 aliphatic heterocycles. The van der Waals surface area contributed by atoms with E-state index in [4.69, 9.17) is 15.2 Å². The van der Waals surface area contributed by atoms with E-state index in [1.54, 1.807) is 18.2 Å². The molecule has 1 aromatic carbocycles. The van der Waals surface area contributed by atoms with Crippen LogP contribution in [0.4, 0.5) is 5.69 Å². The van der Waals surface area contributed by atoms with Gasteiger partial charge in [0.15, 0.2) is 0 Å². The lowest BCUT2D eigenvalue weighted by Gasteiger charge is -2.13. The van der Waals surface area contributed by atoms with Crippen LogP contribution in [0.1, 0.15) is 42.5 Å². The van der Waals surface area contributed by atoms with Crippen molar-refractivity contribution in [3.05, 3.63) is 23.8 Å². The van der Waals surface area contributed by atoms with Crippen LogP contribution in [-0.2, 0) is 4.74 Å². The molecule has 104 valence electrons. The van der Waals surface area contributed by atoms with Crippen molar-refractivity contribution in [2.45, 2.75) is 32.1 Å². The molecule has 0 amide bonds. The average Bonchev–Trinajstić information content (AvgIpc) is 2.91. The number of carbonyl (C=O) groups excluding carboxylic acids is 1. The maximum Gasteiger partial charge on any atom is 0.341 e. The Balaban J connectivity index is 1.97. The number of anilines is 1. The summed E-state index contributed by atoms with van der Waals surface area (Å²) in [5.74, 6) is 0.892. The van der Waals surface area contributed by atoms with Gasteiger partial charge in [-0.25, -0.2) is 4.79 Å². The Labute approximate surface area is 113 Å². The second-order valence-electron chi connectivity index (χ2n) is 5.03. The van der Waals surface area contributed by atoms with Crippen molar-refractivity contribution in [1.82, 2.24) is 0 Å². The maximum atomic E-state index is 11.6. The van der Waals surface area contributed by atoms with Crippen molar-refractivity contribution in [1.29, 1.82) is 0 Å². The lowest BCUT2D eigenvalue weighted by atomic mass is 10.1. The monoisotopic (exact) mass is 263 g/mol. The maximum absolute atomic E-state index is 11.6. The molecule has 0 spiro atoms. The molecule has 4 heteroatoms. The van der Waals surface area contributed by atoms with Crippen LogP contribution in [0.2, 0.25) is 0 Å². The summed E-state index contributed by atoms with van der Waals surface area (Å²) in [6, 6.07) is 5.00. The Morgan fingerprint density at radius 1 is 1.37 bits per heavy atom. The second kappa shape index (κ2) is 6.45. The summed E-state index contributed by atoms with van der Waals surface area (Å²) in [6.45, 7) is 0.623. The second-order valence-corrected chi connectivity index (χ2v) is 5.03. The number of nitrogens with two attached hydrogens (primary N) is 1. The molecule has 0 aromatic heterocycles. The number of methoxy groups -OCH3 is 1. The molecule has 1 aliphatic rings. The molecule has 19 heavy (non-hydrogen) atoms. The number of esters is 1. The summed E-state index contributed by atoms with van der Waals surface area (Å²) in [6.07, 6.45) is 6.29. The van der Waals surface area contributed by atoms with Crippen LogP contribution in [0.25, 0.3) is 0 Å². The lowest BCUT2D eigenvalue weighted by molar-refractivity contribution is 0.0596. The first-order valence-electron chi connectivity index (χ1n) is 6.81. The first-order valence-corrected chi connectivity index (χ1v) is 6.81. The first kappa shape index (κ1) is 13.7. The Morgan fingerprint density at radius 3 is 2.79 bits per heavy atom. The highest BCUT2D eigenvalue weighted by atomic mass is 16.5. The van der Waals surface area contributed by atoms with Gasteiger partial charge in [0.25, 0.3) is 0 Å². The SMILES string of the molecule is COC(=O)c1ccc(N)cc1OCCC1CCCC1. The van der Waals surface area contributed by atoms with Crippen LogP contribution in [0, 0.1) is 5.92 Å². The largest absolute Gasteiger partial charge is 0.493 e. The summed E-state index contributed by atoms with van der Waals surface area (Å²) in [5, 5.41) is 0. The molecule has 0 radical (unpaired) electrons. The summed E-state index contributed by atoms with van der Waals surface area (Å²) < 4.78 is 10.5. The van der Waals surface area contributed by atoms with E-state index in [1.165, 1.54) is 32.8 Å². The average molecular weight is 263 g/mol. The van der Waals surface area contributed by atoms with Gasteiger partial charge in [-0.3, -0.25) is 0 Å². The van der Waals surface area contributed by atoms with Crippen molar-refractivity contribution in [2.75, 3.05) is 19.5 Å². The normalized spacial score (nSPS) is 15.4. The van der Waals surface area contributed by atoms with Crippen molar-refractivity contribution in [3.8, 4) is 5.75 Å². The Hall–Kier alpha value is -1.71. The topological polar surface area (TPSA) is 61.5 Å². The smallest absolute Gasteiger partial charge is 0.341 e. The molecule has 1 saturated carbocycles. The molecule has 2 N–H and O–H groups in total. The molecule has 1 aliphatic carbocycles. The van der Waals surface area contributed by atoms with Crippen LogP contribution in [0.15, 0.2) is 18.2 Å². The molecule has 0 unspecified atom stereocenters. The summed E-state index contributed by atoms with van der Waals surface area (Å²) in [4.78, 5) is 11.6. The van der Waals surface area contributed by atoms with Gasteiger partial charge in [0, 0.05) is 11.8 Å². The van der Waals surface area contributed by atoms with Crippen molar-refractivity contribution < 1.29 is 14.3 Å². The molecule has 0 atom stereocenters. The minimum Gasteiger partial charge on any atom is -0.493 e. The summed E-state index contributed by atoms with van der Waals surface area (Å²) in [5.41, 5.74) is 6.75. The van der Waals surface area contributed by atoms with Crippen LogP contribution in [0.5, 0.6) is 5.75 Å². The third-order valence-corrected chi connectivity index (χ3v) is 3.67. The number of ether oxygens (including phenoxy) is 2. The van der Waals surface area contributed by atoms with Gasteiger partial charge in [-0.1, -0.05) is 25.7 Å². The predicted molar refractivity (Wildman–Crippen MR) is 74.3 cm³/mol. The highest BCUT2D eigenvalue weighted by Gasteiger charge is 2.16. The molecular weight excluding hydrogens is 242 g/mol. The fourth-order valence-corrected chi connectivity index (χ4v) is 2.57. The van der Waals surface area contributed by atoms with E-state index in [-0.39, 0.29) is 0 Å². The van der Waals surface area contributed by atoms with Crippen molar-refractivity contribution >= 4 is 11.7 Å². The Bertz CT molecular complexity index is 439. The quantitative estimate of drug-likeness (QED) is 0.655. The van der Waals surface area contributed by atoms with E-state index in [1.807, 2.05) is 0 Å². The van der Waals surface area contributed by atoms with E-state index in [0.717, 1.165) is 12.3 Å². The zero-order chi connectivity index (χ0) is 13.7. The van der Waals surface area contributed by atoms with Crippen LogP contribution >= 0.6 is 0 Å². The van der Waals surface area contributed by atoms with Crippen LogP contribution in [0.3, 0.4) is 0 Å². The molecule has 1 fully saturated rings. The molecule has 0 saturated heterocycles. The Kier molecular flexibility index (Phi) is 4.66. The zero-order valence-corrected chi connectivity index (χ0v) is 11.4. The molecule has 0 heterocycles. The number of rotatable bonds is 5.